The predicted molar refractivity (Wildman–Crippen MR) is 454 cm³/mol. The number of phosphoric acid groups is 2. The van der Waals surface area contributed by atoms with Gasteiger partial charge in [-0.1, -0.05) is 284 Å². The van der Waals surface area contributed by atoms with E-state index in [0.29, 0.717) is 38.5 Å². The number of ether oxygens (including phenoxy) is 4. The lowest BCUT2D eigenvalue weighted by molar-refractivity contribution is -0.161. The number of allylic oxidation sites excluding steroid dienone is 38. The topological polar surface area (TPSA) is 237 Å². The van der Waals surface area contributed by atoms with E-state index in [4.69, 9.17) is 37.0 Å². The Morgan fingerprint density at radius 2 is 0.473 bits per heavy atom. The van der Waals surface area contributed by atoms with Gasteiger partial charge in [0.1, 0.15) is 19.3 Å². The van der Waals surface area contributed by atoms with E-state index < -0.39 is 97.5 Å². The van der Waals surface area contributed by atoms with Gasteiger partial charge in [0.15, 0.2) is 12.2 Å². The van der Waals surface area contributed by atoms with Gasteiger partial charge in [0, 0.05) is 25.7 Å². The van der Waals surface area contributed by atoms with E-state index in [2.05, 4.69) is 228 Å². The van der Waals surface area contributed by atoms with Crippen LogP contribution in [0.15, 0.2) is 231 Å². The molecule has 0 spiro atoms. The van der Waals surface area contributed by atoms with E-state index >= 15 is 0 Å². The van der Waals surface area contributed by atoms with Gasteiger partial charge in [0.2, 0.25) is 0 Å². The normalized spacial score (nSPS) is 15.0. The van der Waals surface area contributed by atoms with Crippen LogP contribution in [0.5, 0.6) is 0 Å². The summed E-state index contributed by atoms with van der Waals surface area (Å²) in [5.74, 6) is -2.43. The first-order valence-corrected chi connectivity index (χ1v) is 43.6. The second-order valence-corrected chi connectivity index (χ2v) is 28.7. The minimum Gasteiger partial charge on any atom is -0.462 e. The van der Waals surface area contributed by atoms with E-state index in [1.54, 1.807) is 0 Å². The number of carbonyl (C=O) groups excluding carboxylic acids is 4. The highest BCUT2D eigenvalue weighted by molar-refractivity contribution is 7.47. The fourth-order valence-electron chi connectivity index (χ4n) is 9.61. The molecule has 0 saturated heterocycles. The molecule has 5 unspecified atom stereocenters. The average molecular weight is 1570 g/mol. The Bertz CT molecular complexity index is 3000. The number of rotatable bonds is 73. The zero-order chi connectivity index (χ0) is 80.3. The van der Waals surface area contributed by atoms with Gasteiger partial charge in [-0.15, -0.1) is 0 Å². The molecule has 0 aromatic carbocycles. The number of carbonyl (C=O) groups is 4. The Kier molecular flexibility index (Phi) is 75.2. The molecule has 19 heteroatoms. The van der Waals surface area contributed by atoms with Crippen molar-refractivity contribution in [2.45, 2.75) is 277 Å². The van der Waals surface area contributed by atoms with Crippen LogP contribution in [-0.4, -0.2) is 96.7 Å². The summed E-state index contributed by atoms with van der Waals surface area (Å²) in [5.41, 5.74) is 0. The van der Waals surface area contributed by atoms with Gasteiger partial charge in [-0.3, -0.25) is 37.3 Å². The molecule has 0 radical (unpaired) electrons. The zero-order valence-corrected chi connectivity index (χ0v) is 69.1. The van der Waals surface area contributed by atoms with E-state index in [0.717, 1.165) is 167 Å². The van der Waals surface area contributed by atoms with Gasteiger partial charge in [-0.2, -0.15) is 0 Å². The largest absolute Gasteiger partial charge is 0.472 e. The molecule has 17 nitrogen and oxygen atoms in total. The van der Waals surface area contributed by atoms with Crippen LogP contribution in [0.3, 0.4) is 0 Å². The molecule has 0 aliphatic rings. The van der Waals surface area contributed by atoms with Crippen LogP contribution in [0.1, 0.15) is 259 Å². The number of hydrogen-bond acceptors (Lipinski definition) is 15. The first-order valence-electron chi connectivity index (χ1n) is 40.6. The van der Waals surface area contributed by atoms with Crippen LogP contribution in [-0.2, 0) is 65.4 Å². The summed E-state index contributed by atoms with van der Waals surface area (Å²) in [6, 6.07) is 0. The lowest BCUT2D eigenvalue weighted by Crippen LogP contribution is -2.30. The maximum absolute atomic E-state index is 13.1. The van der Waals surface area contributed by atoms with Crippen molar-refractivity contribution in [3.8, 4) is 0 Å². The third kappa shape index (κ3) is 79.2. The molecule has 0 aliphatic heterocycles. The number of aliphatic hydroxyl groups is 1. The molecular formula is C91H140O17P2. The first kappa shape index (κ1) is 103. The number of aliphatic hydroxyl groups excluding tert-OH is 1. The smallest absolute Gasteiger partial charge is 0.462 e. The summed E-state index contributed by atoms with van der Waals surface area (Å²) >= 11 is 0. The Hall–Kier alpha value is -6.88. The highest BCUT2D eigenvalue weighted by Gasteiger charge is 2.30. The van der Waals surface area contributed by atoms with Crippen LogP contribution in [0.2, 0.25) is 0 Å². The summed E-state index contributed by atoms with van der Waals surface area (Å²) in [6.07, 6.45) is 103. The summed E-state index contributed by atoms with van der Waals surface area (Å²) in [4.78, 5) is 73.1. The van der Waals surface area contributed by atoms with Gasteiger partial charge in [-0.05, 0) is 180 Å². The van der Waals surface area contributed by atoms with Crippen LogP contribution in [0.4, 0.5) is 0 Å². The Balaban J connectivity index is 5.57. The summed E-state index contributed by atoms with van der Waals surface area (Å²) in [7, 11) is -10.0. The lowest BCUT2D eigenvalue weighted by Gasteiger charge is -2.21. The van der Waals surface area contributed by atoms with E-state index in [9.17, 15) is 43.2 Å². The standard InChI is InChI=1S/C91H140O17P2/c1-5-9-13-17-21-25-29-33-37-40-42-45-48-51-55-59-63-67-71-75-88(93)101-81-86(107-90(95)77-73-69-65-61-57-53-47-36-32-28-24-20-16-12-8-4)83-105-109(97,98)103-79-85(92)80-104-110(99,100)106-84-87(108-91(96)78-74-70-66-62-58-54-50-44-39-35-31-27-23-19-15-11-7-3)82-102-89(94)76-72-68-64-60-56-52-49-46-43-41-38-34-30-26-22-18-14-10-6-2/h9-16,21-28,33-39,42-43,45-47,50-52,54-56,62-63,66-67,85-87,92H,5-8,17-20,29-32,40-41,44,48-49,53,57-61,64-65,68-84H2,1-4H3,(H,97,98)(H,99,100)/b13-9-,14-10-,15-11-,16-12-,25-21-,26-22-,27-23-,28-24-,37-33-,38-34-,39-35-,45-42-,46-43-,47-36-,54-50-,55-51-,56-52-,66-62-,67-63-. The van der Waals surface area contributed by atoms with Crippen LogP contribution < -0.4 is 0 Å². The minimum absolute atomic E-state index is 0.00381. The van der Waals surface area contributed by atoms with Crippen LogP contribution in [0.25, 0.3) is 0 Å². The maximum Gasteiger partial charge on any atom is 0.472 e. The number of unbranched alkanes of at least 4 members (excludes halogenated alkanes) is 9. The predicted octanol–water partition coefficient (Wildman–Crippen LogP) is 24.2. The molecule has 0 amide bonds. The SMILES string of the molecule is CC/C=C\C/C=C\C/C=C\C/C=C\C/C=C\C/C=C\CCC(=O)OCC(COP(=O)(O)OCC(O)COP(=O)(O)OCC(COC(=O)CCCCC/C=C\C/C=C\C/C=C\C/C=C\C/C=C\CC)OC(=O)CCC/C=C\C/C=C\C/C=C\C/C=C\C/C=C\CC)OC(=O)CCCCCCC/C=C\C/C=C\C/C=C\CC. The molecule has 0 heterocycles. The van der Waals surface area contributed by atoms with Crippen molar-refractivity contribution in [1.82, 2.24) is 0 Å². The molecule has 110 heavy (non-hydrogen) atoms. The van der Waals surface area contributed by atoms with Crippen molar-refractivity contribution in [3.63, 3.8) is 0 Å². The number of hydrogen-bond donors (Lipinski definition) is 3. The highest BCUT2D eigenvalue weighted by Crippen LogP contribution is 2.45. The van der Waals surface area contributed by atoms with Gasteiger partial charge < -0.3 is 33.8 Å². The van der Waals surface area contributed by atoms with Crippen molar-refractivity contribution in [3.05, 3.63) is 231 Å². The Labute approximate surface area is 664 Å². The molecule has 0 fully saturated rings. The van der Waals surface area contributed by atoms with Crippen molar-refractivity contribution < 1.29 is 80.2 Å². The highest BCUT2D eigenvalue weighted by atomic mass is 31.2. The molecule has 0 bridgehead atoms. The minimum atomic E-state index is -5.02. The molecule has 3 N–H and O–H groups in total. The second-order valence-electron chi connectivity index (χ2n) is 25.8. The quantitative estimate of drug-likeness (QED) is 0.0169. The molecular weight excluding hydrogens is 1430 g/mol. The summed E-state index contributed by atoms with van der Waals surface area (Å²) in [5, 5.41) is 10.7. The Morgan fingerprint density at radius 3 is 0.782 bits per heavy atom. The summed E-state index contributed by atoms with van der Waals surface area (Å²) < 4.78 is 68.5. The molecule has 0 rings (SSSR count). The third-order valence-electron chi connectivity index (χ3n) is 15.6. The average Bonchev–Trinajstić information content (AvgIpc) is 0.899. The molecule has 5 atom stereocenters. The van der Waals surface area contributed by atoms with E-state index in [1.807, 2.05) is 30.4 Å². The van der Waals surface area contributed by atoms with Crippen molar-refractivity contribution in [1.29, 1.82) is 0 Å². The number of esters is 4. The lowest BCUT2D eigenvalue weighted by atomic mass is 10.1. The zero-order valence-electron chi connectivity index (χ0n) is 67.3. The molecule has 616 valence electrons. The first-order chi connectivity index (χ1) is 53.7. The third-order valence-corrected chi connectivity index (χ3v) is 17.5. The van der Waals surface area contributed by atoms with E-state index in [-0.39, 0.29) is 25.7 Å². The van der Waals surface area contributed by atoms with Crippen molar-refractivity contribution in [2.24, 2.45) is 0 Å². The fourth-order valence-corrected chi connectivity index (χ4v) is 11.2. The molecule has 0 aliphatic carbocycles. The van der Waals surface area contributed by atoms with Gasteiger partial charge in [0.25, 0.3) is 0 Å². The van der Waals surface area contributed by atoms with Crippen molar-refractivity contribution >= 4 is 39.5 Å². The fraction of sp³-hybridized carbons (Fsp3) is 0.538. The summed E-state index contributed by atoms with van der Waals surface area (Å²) in [6.45, 7) is 4.17. The Morgan fingerprint density at radius 1 is 0.255 bits per heavy atom. The van der Waals surface area contributed by atoms with Crippen LogP contribution in [0, 0.1) is 0 Å². The van der Waals surface area contributed by atoms with Gasteiger partial charge >= 0.3 is 39.5 Å². The van der Waals surface area contributed by atoms with E-state index in [1.165, 1.54) is 0 Å². The van der Waals surface area contributed by atoms with Gasteiger partial charge in [-0.25, -0.2) is 9.13 Å². The molecule has 0 saturated carbocycles. The molecule has 0 aromatic rings. The van der Waals surface area contributed by atoms with Gasteiger partial charge in [0.05, 0.1) is 26.4 Å². The molecule has 0 aromatic heterocycles. The maximum atomic E-state index is 13.1. The van der Waals surface area contributed by atoms with Crippen molar-refractivity contribution in [2.75, 3.05) is 39.6 Å². The van der Waals surface area contributed by atoms with Crippen LogP contribution >= 0.6 is 15.6 Å². The monoisotopic (exact) mass is 1570 g/mol. The number of phosphoric ester groups is 2. The second kappa shape index (κ2) is 80.2.